The average Bonchev–Trinajstić information content (AvgIpc) is 2.02. The maximum absolute atomic E-state index is 10.5. The zero-order chi connectivity index (χ0) is 9.23. The molecule has 0 fully saturated rings. The molecule has 0 saturated heterocycles. The van der Waals surface area contributed by atoms with Crippen LogP contribution in [-0.2, 0) is 13.8 Å². The Hall–Kier alpha value is 0.850. The van der Waals surface area contributed by atoms with Crippen LogP contribution >= 0.6 is 29.6 Å². The normalized spacial score (nSPS) is 13.2. The van der Waals surface area contributed by atoms with Crippen LogP contribution in [0.2, 0.25) is 0 Å². The third kappa shape index (κ3) is 10.8. The highest BCUT2D eigenvalue weighted by Gasteiger charge is 1.92. The molecule has 0 radical (unpaired) electrons. The van der Waals surface area contributed by atoms with Crippen molar-refractivity contribution in [2.24, 2.45) is 0 Å². The van der Waals surface area contributed by atoms with Gasteiger partial charge in [0, 0.05) is 25.3 Å². The lowest BCUT2D eigenvalue weighted by Crippen LogP contribution is -1.91. The molecule has 3 nitrogen and oxygen atoms in total. The minimum atomic E-state index is -1.73. The molecular formula is C6H15O3PS2. The Kier molecular flexibility index (Phi) is 10.6. The van der Waals surface area contributed by atoms with Crippen LogP contribution in [-0.4, -0.2) is 38.5 Å². The standard InChI is InChI=1S/C6H15O3PS2/c1-8-3-5-11-12-6-4-9-10(2)7/h10H,3-6H2,1-2H3. The summed E-state index contributed by atoms with van der Waals surface area (Å²) < 4.78 is 20.3. The monoisotopic (exact) mass is 230 g/mol. The number of ether oxygens (including phenoxy) is 1. The average molecular weight is 230 g/mol. The Balaban J connectivity index is 2.86. The van der Waals surface area contributed by atoms with Crippen molar-refractivity contribution in [1.29, 1.82) is 0 Å². The lowest BCUT2D eigenvalue weighted by atomic mass is 10.9. The van der Waals surface area contributed by atoms with Crippen molar-refractivity contribution in [3.63, 3.8) is 0 Å². The lowest BCUT2D eigenvalue weighted by Gasteiger charge is -2.00. The molecule has 0 heterocycles. The van der Waals surface area contributed by atoms with Gasteiger partial charge in [-0.15, -0.1) is 0 Å². The van der Waals surface area contributed by atoms with Crippen LogP contribution in [0, 0.1) is 0 Å². The molecule has 0 aromatic rings. The molecule has 0 saturated carbocycles. The van der Waals surface area contributed by atoms with Crippen molar-refractivity contribution in [2.45, 2.75) is 0 Å². The van der Waals surface area contributed by atoms with Crippen LogP contribution < -0.4 is 0 Å². The Morgan fingerprint density at radius 2 is 1.83 bits per heavy atom. The molecule has 0 aliphatic carbocycles. The highest BCUT2D eigenvalue weighted by atomic mass is 33.1. The first-order valence-electron chi connectivity index (χ1n) is 3.64. The van der Waals surface area contributed by atoms with E-state index in [-0.39, 0.29) is 0 Å². The van der Waals surface area contributed by atoms with Gasteiger partial charge in [0.15, 0.2) is 8.03 Å². The summed E-state index contributed by atoms with van der Waals surface area (Å²) in [5.74, 6) is 1.88. The van der Waals surface area contributed by atoms with Crippen molar-refractivity contribution in [3.8, 4) is 0 Å². The molecule has 6 heteroatoms. The van der Waals surface area contributed by atoms with Gasteiger partial charge >= 0.3 is 0 Å². The molecule has 0 amide bonds. The third-order valence-electron chi connectivity index (χ3n) is 0.926. The van der Waals surface area contributed by atoms with Gasteiger partial charge in [-0.25, -0.2) is 0 Å². The summed E-state index contributed by atoms with van der Waals surface area (Å²) in [4.78, 5) is 0. The van der Waals surface area contributed by atoms with E-state index in [1.165, 1.54) is 0 Å². The first-order chi connectivity index (χ1) is 5.77. The number of rotatable bonds is 8. The van der Waals surface area contributed by atoms with E-state index in [1.807, 2.05) is 0 Å². The summed E-state index contributed by atoms with van der Waals surface area (Å²) >= 11 is 0. The zero-order valence-corrected chi connectivity index (χ0v) is 10.0. The van der Waals surface area contributed by atoms with Gasteiger partial charge in [0.2, 0.25) is 0 Å². The van der Waals surface area contributed by atoms with Gasteiger partial charge in [-0.3, -0.25) is 4.57 Å². The van der Waals surface area contributed by atoms with E-state index in [9.17, 15) is 4.57 Å². The molecule has 74 valence electrons. The molecule has 0 aromatic carbocycles. The molecule has 0 aliphatic heterocycles. The van der Waals surface area contributed by atoms with E-state index >= 15 is 0 Å². The minimum absolute atomic E-state index is 0.582. The van der Waals surface area contributed by atoms with Gasteiger partial charge in [0.1, 0.15) is 0 Å². The van der Waals surface area contributed by atoms with E-state index < -0.39 is 8.03 Å². The van der Waals surface area contributed by atoms with Crippen molar-refractivity contribution in [3.05, 3.63) is 0 Å². The fourth-order valence-corrected chi connectivity index (χ4v) is 2.73. The molecule has 0 bridgehead atoms. The molecule has 0 aliphatic rings. The zero-order valence-electron chi connectivity index (χ0n) is 7.37. The number of hydrogen-bond donors (Lipinski definition) is 0. The summed E-state index contributed by atoms with van der Waals surface area (Å²) in [5, 5.41) is 0. The molecule has 1 atom stereocenters. The maximum Gasteiger partial charge on any atom is 0.188 e. The highest BCUT2D eigenvalue weighted by molar-refractivity contribution is 8.76. The van der Waals surface area contributed by atoms with Crippen molar-refractivity contribution >= 4 is 29.6 Å². The first kappa shape index (κ1) is 12.8. The van der Waals surface area contributed by atoms with Crippen LogP contribution in [0.5, 0.6) is 0 Å². The fraction of sp³-hybridized carbons (Fsp3) is 1.00. The van der Waals surface area contributed by atoms with Gasteiger partial charge < -0.3 is 9.26 Å². The Labute approximate surface area is 82.2 Å². The first-order valence-corrected chi connectivity index (χ1v) is 7.94. The molecule has 0 spiro atoms. The van der Waals surface area contributed by atoms with Gasteiger partial charge in [0.05, 0.1) is 13.2 Å². The summed E-state index contributed by atoms with van der Waals surface area (Å²) in [6.07, 6.45) is 0. The van der Waals surface area contributed by atoms with Crippen LogP contribution in [0.1, 0.15) is 0 Å². The van der Waals surface area contributed by atoms with Crippen LogP contribution in [0.15, 0.2) is 0 Å². The summed E-state index contributed by atoms with van der Waals surface area (Å²) in [7, 11) is 3.44. The minimum Gasteiger partial charge on any atom is -0.384 e. The summed E-state index contributed by atoms with van der Waals surface area (Å²) in [6, 6.07) is 0. The fourth-order valence-electron chi connectivity index (χ4n) is 0.455. The van der Waals surface area contributed by atoms with Gasteiger partial charge in [-0.2, -0.15) is 0 Å². The second-order valence-corrected chi connectivity index (χ2v) is 5.95. The van der Waals surface area contributed by atoms with Crippen molar-refractivity contribution < 1.29 is 13.8 Å². The quantitative estimate of drug-likeness (QED) is 0.362. The van der Waals surface area contributed by atoms with E-state index in [1.54, 1.807) is 35.4 Å². The second kappa shape index (κ2) is 9.93. The summed E-state index contributed by atoms with van der Waals surface area (Å²) in [6.45, 7) is 2.97. The smallest absolute Gasteiger partial charge is 0.188 e. The maximum atomic E-state index is 10.5. The summed E-state index contributed by atoms with van der Waals surface area (Å²) in [5.41, 5.74) is 0. The Bertz CT molecular complexity index is 123. The number of methoxy groups -OCH3 is 1. The van der Waals surface area contributed by atoms with Crippen molar-refractivity contribution in [1.82, 2.24) is 0 Å². The molecule has 0 aromatic heterocycles. The largest absolute Gasteiger partial charge is 0.384 e. The van der Waals surface area contributed by atoms with E-state index in [2.05, 4.69) is 0 Å². The molecule has 1 unspecified atom stereocenters. The predicted octanol–water partition coefficient (Wildman–Crippen LogP) is 2.14. The van der Waals surface area contributed by atoms with Crippen LogP contribution in [0.4, 0.5) is 0 Å². The van der Waals surface area contributed by atoms with Crippen LogP contribution in [0.25, 0.3) is 0 Å². The molecule has 0 N–H and O–H groups in total. The Morgan fingerprint density at radius 3 is 2.33 bits per heavy atom. The topological polar surface area (TPSA) is 35.5 Å². The predicted molar refractivity (Wildman–Crippen MR) is 57.7 cm³/mol. The van der Waals surface area contributed by atoms with Gasteiger partial charge in [0.25, 0.3) is 0 Å². The number of hydrogen-bond acceptors (Lipinski definition) is 5. The Morgan fingerprint density at radius 1 is 1.25 bits per heavy atom. The second-order valence-electron chi connectivity index (χ2n) is 1.98. The molecule has 12 heavy (non-hydrogen) atoms. The molecule has 0 rings (SSSR count). The van der Waals surface area contributed by atoms with Crippen LogP contribution in [0.3, 0.4) is 0 Å². The third-order valence-corrected chi connectivity index (χ3v) is 3.87. The van der Waals surface area contributed by atoms with Gasteiger partial charge in [-0.05, 0) is 0 Å². The van der Waals surface area contributed by atoms with E-state index in [0.29, 0.717) is 6.61 Å². The van der Waals surface area contributed by atoms with Crippen molar-refractivity contribution in [2.75, 3.05) is 38.5 Å². The van der Waals surface area contributed by atoms with E-state index in [4.69, 9.17) is 9.26 Å². The van der Waals surface area contributed by atoms with E-state index in [0.717, 1.165) is 18.1 Å². The molecular weight excluding hydrogens is 215 g/mol. The van der Waals surface area contributed by atoms with Gasteiger partial charge in [-0.1, -0.05) is 21.6 Å². The highest BCUT2D eigenvalue weighted by Crippen LogP contribution is 2.22. The SMILES string of the molecule is COCCSSCCO[PH](C)=O. The lowest BCUT2D eigenvalue weighted by molar-refractivity contribution is 0.219.